The van der Waals surface area contributed by atoms with Crippen LogP contribution in [0.25, 0.3) is 0 Å². The van der Waals surface area contributed by atoms with Gasteiger partial charge in [0, 0.05) is 6.07 Å². The van der Waals surface area contributed by atoms with E-state index < -0.39 is 23.2 Å². The van der Waals surface area contributed by atoms with Crippen molar-refractivity contribution in [3.8, 4) is 5.75 Å². The highest BCUT2D eigenvalue weighted by molar-refractivity contribution is 7.98. The lowest BCUT2D eigenvalue weighted by Gasteiger charge is -2.05. The fourth-order valence-corrected chi connectivity index (χ4v) is 2.21. The summed E-state index contributed by atoms with van der Waals surface area (Å²) in [5.41, 5.74) is 1.90. The molecule has 0 aliphatic carbocycles. The summed E-state index contributed by atoms with van der Waals surface area (Å²) in [6.45, 7) is -0.476. The van der Waals surface area contributed by atoms with Crippen molar-refractivity contribution in [1.82, 2.24) is 5.43 Å². The third-order valence-electron chi connectivity index (χ3n) is 2.84. The number of furan rings is 1. The van der Waals surface area contributed by atoms with Crippen molar-refractivity contribution in [3.05, 3.63) is 58.0 Å². The lowest BCUT2D eigenvalue weighted by molar-refractivity contribution is -0.385. The molecule has 0 radical (unpaired) electrons. The first kappa shape index (κ1) is 19.4. The van der Waals surface area contributed by atoms with Crippen LogP contribution in [0.5, 0.6) is 5.75 Å². The Morgan fingerprint density at radius 3 is 2.88 bits per heavy atom. The van der Waals surface area contributed by atoms with Gasteiger partial charge in [-0.15, -0.1) is 0 Å². The Kier molecular flexibility index (Phi) is 7.09. The first-order chi connectivity index (χ1) is 12.5. The summed E-state index contributed by atoms with van der Waals surface area (Å²) in [6.07, 6.45) is 1.19. The largest absolute Gasteiger partial charge is 0.477 e. The number of nitrogens with one attached hydrogen (secondary N) is 1. The Morgan fingerprint density at radius 2 is 2.15 bits per heavy atom. The van der Waals surface area contributed by atoms with Crippen molar-refractivity contribution in [2.45, 2.75) is 11.5 Å². The Bertz CT molecular complexity index is 797. The molecule has 0 aliphatic rings. The summed E-state index contributed by atoms with van der Waals surface area (Å²) >= 11 is 0.428. The molecule has 0 spiro atoms. The van der Waals surface area contributed by atoms with Crippen LogP contribution in [0.4, 0.5) is 14.5 Å². The van der Waals surface area contributed by atoms with Gasteiger partial charge in [0.25, 0.3) is 11.7 Å². The molecule has 1 amide bonds. The number of amides is 1. The first-order valence-corrected chi connectivity index (χ1v) is 8.17. The van der Waals surface area contributed by atoms with E-state index in [1.807, 2.05) is 0 Å². The van der Waals surface area contributed by atoms with Gasteiger partial charge in [-0.2, -0.15) is 13.9 Å². The highest BCUT2D eigenvalue weighted by Gasteiger charge is 2.14. The van der Waals surface area contributed by atoms with E-state index in [0.717, 1.165) is 0 Å². The topological polar surface area (TPSA) is 107 Å². The van der Waals surface area contributed by atoms with E-state index in [0.29, 0.717) is 17.5 Å². The molecule has 1 aromatic heterocycles. The summed E-state index contributed by atoms with van der Waals surface area (Å²) in [6, 6.07) is 8.69. The lowest BCUT2D eigenvalue weighted by Crippen LogP contribution is -2.24. The predicted octanol–water partition coefficient (Wildman–Crippen LogP) is 3.17. The molecule has 0 bridgehead atoms. The van der Waals surface area contributed by atoms with Gasteiger partial charge in [0.05, 0.1) is 16.9 Å². The van der Waals surface area contributed by atoms with Gasteiger partial charge in [-0.05, 0) is 18.2 Å². The van der Waals surface area contributed by atoms with Crippen LogP contribution >= 0.6 is 11.8 Å². The maximum atomic E-state index is 12.1. The van der Waals surface area contributed by atoms with Crippen LogP contribution < -0.4 is 10.2 Å². The summed E-state index contributed by atoms with van der Waals surface area (Å²) in [5, 5.41) is 14.5. The van der Waals surface area contributed by atoms with Gasteiger partial charge in [0.15, 0.2) is 12.4 Å². The molecule has 0 aliphatic heterocycles. The minimum atomic E-state index is -2.49. The number of halogens is 2. The van der Waals surface area contributed by atoms with Gasteiger partial charge in [-0.1, -0.05) is 23.9 Å². The number of hydrogen-bond donors (Lipinski definition) is 1. The van der Waals surface area contributed by atoms with E-state index in [4.69, 9.17) is 9.15 Å². The standard InChI is InChI=1S/C15H13F2N3O5S/c16-15(17)26-9-11-6-5-10(25-11)7-18-19-14(21)8-24-13-4-2-1-3-12(13)20(22)23/h1-7,15H,8-9H2,(H,19,21)/b18-7-. The summed E-state index contributed by atoms with van der Waals surface area (Å²) in [4.78, 5) is 21.8. The maximum Gasteiger partial charge on any atom is 0.310 e. The van der Waals surface area contributed by atoms with Crippen molar-refractivity contribution in [1.29, 1.82) is 0 Å². The second-order valence-electron chi connectivity index (χ2n) is 4.68. The molecule has 0 saturated heterocycles. The van der Waals surface area contributed by atoms with E-state index in [2.05, 4.69) is 10.5 Å². The van der Waals surface area contributed by atoms with Crippen LogP contribution in [0.3, 0.4) is 0 Å². The molecule has 138 valence electrons. The normalized spacial score (nSPS) is 11.0. The predicted molar refractivity (Wildman–Crippen MR) is 90.3 cm³/mol. The third kappa shape index (κ3) is 6.16. The summed E-state index contributed by atoms with van der Waals surface area (Å²) in [7, 11) is 0. The molecule has 2 aromatic rings. The average Bonchev–Trinajstić information content (AvgIpc) is 3.06. The summed E-state index contributed by atoms with van der Waals surface area (Å²) in [5.74, 6) is -2.53. The molecule has 11 heteroatoms. The van der Waals surface area contributed by atoms with Gasteiger partial charge in [0.2, 0.25) is 0 Å². The zero-order chi connectivity index (χ0) is 18.9. The highest BCUT2D eigenvalue weighted by atomic mass is 32.2. The van der Waals surface area contributed by atoms with Crippen LogP contribution in [-0.2, 0) is 10.5 Å². The SMILES string of the molecule is O=C(COc1ccccc1[N+](=O)[O-])N/N=C\c1ccc(CSC(F)F)o1. The first-order valence-electron chi connectivity index (χ1n) is 7.12. The second-order valence-corrected chi connectivity index (χ2v) is 5.66. The van der Waals surface area contributed by atoms with Crippen LogP contribution in [0, 0.1) is 10.1 Å². The molecule has 0 saturated carbocycles. The molecule has 0 atom stereocenters. The van der Waals surface area contributed by atoms with Crippen molar-refractivity contribution in [2.75, 3.05) is 6.61 Å². The van der Waals surface area contributed by atoms with Crippen molar-refractivity contribution in [2.24, 2.45) is 5.10 Å². The number of nitrogens with zero attached hydrogens (tertiary/aromatic N) is 2. The molecule has 26 heavy (non-hydrogen) atoms. The fraction of sp³-hybridized carbons (Fsp3) is 0.200. The number of thioether (sulfide) groups is 1. The number of rotatable bonds is 9. The number of ether oxygens (including phenoxy) is 1. The number of benzene rings is 1. The minimum Gasteiger partial charge on any atom is -0.477 e. The van der Waals surface area contributed by atoms with Crippen molar-refractivity contribution in [3.63, 3.8) is 0 Å². The van der Waals surface area contributed by atoms with E-state index in [1.165, 1.54) is 36.5 Å². The highest BCUT2D eigenvalue weighted by Crippen LogP contribution is 2.25. The molecule has 0 unspecified atom stereocenters. The Hall–Kier alpha value is -2.95. The number of carbonyl (C=O) groups is 1. The van der Waals surface area contributed by atoms with E-state index in [-0.39, 0.29) is 22.9 Å². The monoisotopic (exact) mass is 385 g/mol. The molecule has 1 aromatic carbocycles. The Morgan fingerprint density at radius 1 is 1.38 bits per heavy atom. The Balaban J connectivity index is 1.80. The molecule has 0 fully saturated rings. The number of alkyl halides is 2. The van der Waals surface area contributed by atoms with E-state index in [1.54, 1.807) is 6.07 Å². The number of carbonyl (C=O) groups excluding carboxylic acids is 1. The number of nitro groups is 1. The van der Waals surface area contributed by atoms with Crippen molar-refractivity contribution < 1.29 is 27.7 Å². The molecule has 2 rings (SSSR count). The second kappa shape index (κ2) is 9.51. The van der Waals surface area contributed by atoms with Crippen molar-refractivity contribution >= 4 is 29.6 Å². The van der Waals surface area contributed by atoms with Crippen LogP contribution in [0.1, 0.15) is 11.5 Å². The zero-order valence-electron chi connectivity index (χ0n) is 13.1. The van der Waals surface area contributed by atoms with E-state index >= 15 is 0 Å². The summed E-state index contributed by atoms with van der Waals surface area (Å²) < 4.78 is 34.5. The number of para-hydroxylation sites is 2. The Labute approximate surface area is 150 Å². The van der Waals surface area contributed by atoms with Crippen LogP contribution in [0.2, 0.25) is 0 Å². The maximum absolute atomic E-state index is 12.1. The average molecular weight is 385 g/mol. The van der Waals surface area contributed by atoms with Crippen LogP contribution in [0.15, 0.2) is 45.9 Å². The van der Waals surface area contributed by atoms with E-state index in [9.17, 15) is 23.7 Å². The smallest absolute Gasteiger partial charge is 0.310 e. The molecule has 1 heterocycles. The van der Waals surface area contributed by atoms with Gasteiger partial charge in [-0.3, -0.25) is 14.9 Å². The number of hydrogen-bond acceptors (Lipinski definition) is 7. The molecule has 8 nitrogen and oxygen atoms in total. The zero-order valence-corrected chi connectivity index (χ0v) is 13.9. The quantitative estimate of drug-likeness (QED) is 0.404. The molecular formula is C15H13F2N3O5S. The van der Waals surface area contributed by atoms with Gasteiger partial charge >= 0.3 is 5.69 Å². The number of hydrazone groups is 1. The van der Waals surface area contributed by atoms with Gasteiger partial charge in [-0.25, -0.2) is 5.43 Å². The molecule has 1 N–H and O–H groups in total. The van der Waals surface area contributed by atoms with Gasteiger partial charge in [0.1, 0.15) is 11.5 Å². The molecular weight excluding hydrogens is 372 g/mol. The minimum absolute atomic E-state index is 0.0154. The third-order valence-corrected chi connectivity index (χ3v) is 3.54. The lowest BCUT2D eigenvalue weighted by atomic mass is 10.3. The van der Waals surface area contributed by atoms with Crippen LogP contribution in [-0.4, -0.2) is 29.4 Å². The van der Waals surface area contributed by atoms with Gasteiger partial charge < -0.3 is 9.15 Å². The fourth-order valence-electron chi connectivity index (χ4n) is 1.76. The number of nitro benzene ring substituents is 1.